The fourth-order valence-electron chi connectivity index (χ4n) is 3.51. The van der Waals surface area contributed by atoms with Crippen molar-refractivity contribution in [1.82, 2.24) is 0 Å². The number of benzene rings is 1. The molecule has 0 aromatic heterocycles. The van der Waals surface area contributed by atoms with E-state index in [1.165, 1.54) is 0 Å². The summed E-state index contributed by atoms with van der Waals surface area (Å²) in [4.78, 5) is 0. The summed E-state index contributed by atoms with van der Waals surface area (Å²) < 4.78 is 368. The molecule has 0 nitrogen and oxygen atoms in total. The molecule has 0 bridgehead atoms. The van der Waals surface area contributed by atoms with Gasteiger partial charge in [0.05, 0.1) is 0 Å². The molecule has 0 saturated heterocycles. The van der Waals surface area contributed by atoms with Gasteiger partial charge in [0.15, 0.2) is 0 Å². The summed E-state index contributed by atoms with van der Waals surface area (Å²) in [6.45, 7) is 0.716. The molecule has 0 aliphatic heterocycles. The molecule has 0 aliphatic carbocycles. The van der Waals surface area contributed by atoms with E-state index in [4.69, 9.17) is 0 Å². The van der Waals surface area contributed by atoms with E-state index in [2.05, 4.69) is 0 Å². The summed E-state index contributed by atoms with van der Waals surface area (Å²) in [6, 6.07) is -4.30. The van der Waals surface area contributed by atoms with Crippen molar-refractivity contribution in [2.45, 2.75) is 91.6 Å². The zero-order valence-corrected chi connectivity index (χ0v) is 22.4. The van der Waals surface area contributed by atoms with Gasteiger partial charge in [-0.25, -0.2) is 0 Å². The molecule has 0 spiro atoms. The number of rotatable bonds is 12. The van der Waals surface area contributed by atoms with Gasteiger partial charge in [-0.15, -0.1) is 0 Å². The van der Waals surface area contributed by atoms with Crippen LogP contribution in [0.1, 0.15) is 42.0 Å². The lowest BCUT2D eigenvalue weighted by molar-refractivity contribution is -0.401. The topological polar surface area (TPSA) is 0 Å². The first kappa shape index (κ1) is 44.4. The molecule has 1 aromatic rings. The van der Waals surface area contributed by atoms with Crippen molar-refractivity contribution >= 4 is 0 Å². The molecule has 0 aliphatic rings. The maximum absolute atomic E-state index is 15.0. The predicted octanol–water partition coefficient (Wildman–Crippen LogP) is 11.8. The third kappa shape index (κ3) is 6.29. The SMILES string of the molecule is CCC[CH]c1c(C(F)(F)C(F)(F)C(F)(F)C(F)(F)F)cc(C(F)(F)C(F)(F)C(F)(F)C(F)(F)F)cc1C(F)(F)C(F)(F)C(F)(F)C(F)(F)F. The highest BCUT2D eigenvalue weighted by molar-refractivity contribution is 5.51. The van der Waals surface area contributed by atoms with Crippen molar-refractivity contribution in [3.63, 3.8) is 0 Å². The lowest BCUT2D eigenvalue weighted by Gasteiger charge is -2.39. The second kappa shape index (κ2) is 12.0. The Balaban J connectivity index is 4.77. The average molecular weight is 787 g/mol. The van der Waals surface area contributed by atoms with Crippen molar-refractivity contribution in [3.05, 3.63) is 40.8 Å². The number of alkyl halides is 27. The summed E-state index contributed by atoms with van der Waals surface area (Å²) in [5.41, 5.74) is -16.0. The molecule has 0 heterocycles. The zero-order chi connectivity index (χ0) is 39.8. The normalized spacial score (nSPS) is 16.0. The van der Waals surface area contributed by atoms with Gasteiger partial charge in [0.1, 0.15) is 0 Å². The van der Waals surface area contributed by atoms with Crippen LogP contribution in [-0.4, -0.2) is 54.1 Å². The Hall–Kier alpha value is -2.67. The van der Waals surface area contributed by atoms with Crippen LogP contribution in [-0.2, 0) is 17.8 Å². The standard InChI is InChI=1S/C22H10F27/c1-2-3-4-8-9(12(25,26)15(31,32)18(37,38)21(44,45)46)5-7(11(23,24)14(29,30)17(35,36)20(41,42)43)6-10(8)13(27,28)16(33,34)19(39,40)22(47,48)49/h4-6H,2-3H2,1H3. The first-order valence-corrected chi connectivity index (χ1v) is 11.7. The minimum Gasteiger partial charge on any atom is -0.194 e. The molecule has 1 radical (unpaired) electrons. The first-order valence-electron chi connectivity index (χ1n) is 11.7. The van der Waals surface area contributed by atoms with Gasteiger partial charge >= 0.3 is 71.8 Å². The summed E-state index contributed by atoms with van der Waals surface area (Å²) in [5.74, 6) is -73.3. The van der Waals surface area contributed by atoms with Crippen molar-refractivity contribution in [3.8, 4) is 0 Å². The molecule has 0 amide bonds. The molecule has 1 aromatic carbocycles. The van der Waals surface area contributed by atoms with Gasteiger partial charge < -0.3 is 0 Å². The second-order valence-electron chi connectivity index (χ2n) is 9.64. The average Bonchev–Trinajstić information content (AvgIpc) is 2.88. The summed E-state index contributed by atoms with van der Waals surface area (Å²) >= 11 is 0. The molecule has 0 N–H and O–H groups in total. The van der Waals surface area contributed by atoms with E-state index in [-0.39, 0.29) is 0 Å². The maximum Gasteiger partial charge on any atom is 0.460 e. The highest BCUT2D eigenvalue weighted by Gasteiger charge is 2.85. The first-order chi connectivity index (χ1) is 21.0. The number of halogens is 27. The Bertz CT molecular complexity index is 1270. The molecule has 0 saturated carbocycles. The lowest BCUT2D eigenvalue weighted by Crippen LogP contribution is -2.61. The molecule has 1 rings (SSSR count). The van der Waals surface area contributed by atoms with E-state index in [1.54, 1.807) is 0 Å². The Kier molecular flexibility index (Phi) is 10.8. The predicted molar refractivity (Wildman–Crippen MR) is 104 cm³/mol. The van der Waals surface area contributed by atoms with Gasteiger partial charge in [0, 0.05) is 16.7 Å². The van der Waals surface area contributed by atoms with Crippen molar-refractivity contribution in [2.24, 2.45) is 0 Å². The van der Waals surface area contributed by atoms with Crippen LogP contribution in [0, 0.1) is 6.42 Å². The monoisotopic (exact) mass is 787 g/mol. The van der Waals surface area contributed by atoms with Crippen LogP contribution >= 0.6 is 0 Å². The third-order valence-corrected chi connectivity index (χ3v) is 6.29. The number of unbranched alkanes of at least 4 members (excludes halogenated alkanes) is 1. The Labute approximate surface area is 252 Å². The van der Waals surface area contributed by atoms with Gasteiger partial charge in [-0.1, -0.05) is 13.3 Å². The fourth-order valence-corrected chi connectivity index (χ4v) is 3.51. The van der Waals surface area contributed by atoms with Crippen LogP contribution in [0.25, 0.3) is 0 Å². The van der Waals surface area contributed by atoms with Crippen molar-refractivity contribution < 1.29 is 119 Å². The Morgan fingerprint density at radius 1 is 0.388 bits per heavy atom. The van der Waals surface area contributed by atoms with Crippen LogP contribution in [0.2, 0.25) is 0 Å². The molecule has 0 atom stereocenters. The van der Waals surface area contributed by atoms with Crippen LogP contribution in [0.3, 0.4) is 0 Å². The van der Waals surface area contributed by atoms with E-state index in [0.29, 0.717) is 6.92 Å². The third-order valence-electron chi connectivity index (χ3n) is 6.29. The van der Waals surface area contributed by atoms with Crippen LogP contribution in [0.4, 0.5) is 119 Å². The molecule has 0 fully saturated rings. The van der Waals surface area contributed by atoms with Gasteiger partial charge in [0.2, 0.25) is 0 Å². The lowest BCUT2D eigenvalue weighted by atomic mass is 9.81. The quantitative estimate of drug-likeness (QED) is 0.185. The van der Waals surface area contributed by atoms with E-state index >= 15 is 0 Å². The maximum atomic E-state index is 15.0. The van der Waals surface area contributed by atoms with Gasteiger partial charge in [-0.05, 0) is 30.5 Å². The van der Waals surface area contributed by atoms with Crippen LogP contribution in [0.15, 0.2) is 12.1 Å². The van der Waals surface area contributed by atoms with Gasteiger partial charge in [-0.2, -0.15) is 119 Å². The van der Waals surface area contributed by atoms with Gasteiger partial charge in [-0.3, -0.25) is 0 Å². The Morgan fingerprint density at radius 2 is 0.633 bits per heavy atom. The van der Waals surface area contributed by atoms with E-state index in [9.17, 15) is 119 Å². The number of hydrogen-bond donors (Lipinski definition) is 0. The van der Waals surface area contributed by atoms with Crippen LogP contribution < -0.4 is 0 Å². The molecular formula is C22H10F27. The number of hydrogen-bond acceptors (Lipinski definition) is 0. The highest BCUT2D eigenvalue weighted by Crippen LogP contribution is 2.63. The van der Waals surface area contributed by atoms with Gasteiger partial charge in [0.25, 0.3) is 0 Å². The van der Waals surface area contributed by atoms with E-state index in [0.717, 1.165) is 0 Å². The highest BCUT2D eigenvalue weighted by atomic mass is 19.4. The molecule has 49 heavy (non-hydrogen) atoms. The Morgan fingerprint density at radius 3 is 0.857 bits per heavy atom. The largest absolute Gasteiger partial charge is 0.460 e. The smallest absolute Gasteiger partial charge is 0.194 e. The van der Waals surface area contributed by atoms with Crippen molar-refractivity contribution in [2.75, 3.05) is 0 Å². The van der Waals surface area contributed by atoms with E-state index in [1.807, 2.05) is 0 Å². The summed E-state index contributed by atoms with van der Waals surface area (Å²) in [7, 11) is 0. The minimum atomic E-state index is -8.33. The van der Waals surface area contributed by atoms with E-state index < -0.39 is 125 Å². The molecule has 287 valence electrons. The van der Waals surface area contributed by atoms with Crippen LogP contribution in [0.5, 0.6) is 0 Å². The zero-order valence-electron chi connectivity index (χ0n) is 22.4. The fraction of sp³-hybridized carbons (Fsp3) is 0.682. The minimum absolute atomic E-state index is 0.716. The molecular weight excluding hydrogens is 777 g/mol. The molecule has 27 heteroatoms. The summed E-state index contributed by atoms with van der Waals surface area (Å²) in [5, 5.41) is 0. The van der Waals surface area contributed by atoms with Crippen molar-refractivity contribution in [1.29, 1.82) is 0 Å². The summed E-state index contributed by atoms with van der Waals surface area (Å²) in [6.07, 6.45) is -26.9. The second-order valence-corrected chi connectivity index (χ2v) is 9.64. The molecule has 0 unspecified atom stereocenters.